The monoisotopic (exact) mass is 2180 g/mol. The number of nitrogens with zero attached hydrogens (tertiary/aromatic N) is 4. The topological polar surface area (TPSA) is 233 Å². The highest BCUT2D eigenvalue weighted by molar-refractivity contribution is 7.81. The molecule has 0 aliphatic carbocycles. The Hall–Kier alpha value is -7.88. The zero-order chi connectivity index (χ0) is 111. The summed E-state index contributed by atoms with van der Waals surface area (Å²) in [6.45, 7) is 53.3. The first-order valence-corrected chi connectivity index (χ1v) is 63.7. The molecule has 17 nitrogen and oxygen atoms in total. The lowest BCUT2D eigenvalue weighted by atomic mass is 10.2. The third-order valence-corrected chi connectivity index (χ3v) is 48.6. The van der Waals surface area contributed by atoms with E-state index in [0.29, 0.717) is 87.7 Å². The van der Waals surface area contributed by atoms with E-state index in [0.717, 1.165) is 76.3 Å². The summed E-state index contributed by atoms with van der Waals surface area (Å²) in [6.07, 6.45) is 5.77. The van der Waals surface area contributed by atoms with E-state index in [1.54, 1.807) is 36.4 Å². The maximum absolute atomic E-state index is 10.5. The predicted molar refractivity (Wildman–Crippen MR) is 669 cm³/mol. The number of methoxy groups -OCH3 is 6. The van der Waals surface area contributed by atoms with E-state index in [1.165, 1.54) is 120 Å². The lowest BCUT2D eigenvalue weighted by Gasteiger charge is -2.41. The molecule has 0 fully saturated rings. The third-order valence-electron chi connectivity index (χ3n) is 24.4. The van der Waals surface area contributed by atoms with Crippen molar-refractivity contribution in [1.82, 2.24) is 9.34 Å². The summed E-state index contributed by atoms with van der Waals surface area (Å²) in [5, 5.41) is 47.2. The summed E-state index contributed by atoms with van der Waals surface area (Å²) < 4.78 is 39.3. The predicted octanol–water partition coefficient (Wildman–Crippen LogP) is 23.1. The summed E-state index contributed by atoms with van der Waals surface area (Å²) in [5.74, 6) is 2.87. The minimum atomic E-state index is -1.67. The van der Waals surface area contributed by atoms with Gasteiger partial charge in [0.2, 0.25) is 0 Å². The number of aliphatic hydroxyl groups is 3. The molecule has 0 saturated carbocycles. The van der Waals surface area contributed by atoms with Gasteiger partial charge in [-0.25, -0.2) is 0 Å². The van der Waals surface area contributed by atoms with Crippen LogP contribution in [0, 0.1) is 0 Å². The van der Waals surface area contributed by atoms with Crippen molar-refractivity contribution in [3.05, 3.63) is 314 Å². The average molecular weight is 2180 g/mol. The van der Waals surface area contributed by atoms with Gasteiger partial charge in [0.25, 0.3) is 0 Å². The van der Waals surface area contributed by atoms with Crippen LogP contribution in [0.15, 0.2) is 297 Å². The molecule has 0 amide bonds. The van der Waals surface area contributed by atoms with Crippen molar-refractivity contribution in [2.45, 2.75) is 197 Å². The summed E-state index contributed by atoms with van der Waals surface area (Å²) >= 11 is 0. The SMILES string of the molecule is CC(C)(C)P(CCN)C(C)(C)C.CC(C)P(CCN)C(C)C.CCN(CC)P(c1ccccc1)N(CC)CC.CN(C)c1ccc(P(C(C)(C)C)C(C)(C)C)cc1.CN(C)c1ccc(P(c2ccccc2)c2ccccc2)cc1.COc1cc(CO)c(P(c2c(CO)cc(OC)cc2OC)c2c(OC)cc(CO)cc2OC)c(OC)c1.NCCCP(c1ccccc1)c1ccccc1.NCCP(c1ccccc1)c1ccccc1. The fraction of sp³-hybridized carbons (Fsp3) is 0.419. The second-order valence-corrected chi connectivity index (χ2v) is 62.8. The zero-order valence-electron chi connectivity index (χ0n) is 95.7. The number of ether oxygens (including phenoxy) is 6. The van der Waals surface area contributed by atoms with Crippen LogP contribution >= 0.6 is 63.7 Å². The first-order valence-electron chi connectivity index (χ1n) is 52.2. The first kappa shape index (κ1) is 132. The molecule has 0 aliphatic heterocycles. The number of aliphatic hydroxyl groups excluding tert-OH is 3. The molecule has 814 valence electrons. The molecular weight excluding hydrogens is 1990 g/mol. The van der Waals surface area contributed by atoms with Gasteiger partial charge >= 0.3 is 0 Å². The lowest BCUT2D eigenvalue weighted by Crippen LogP contribution is -2.33. The van der Waals surface area contributed by atoms with Gasteiger partial charge in [-0.15, -0.1) is 7.92 Å². The number of hydrogen-bond donors (Lipinski definition) is 7. The molecule has 0 bridgehead atoms. The van der Waals surface area contributed by atoms with E-state index in [4.69, 9.17) is 51.4 Å². The Morgan fingerprint density at radius 2 is 0.584 bits per heavy atom. The van der Waals surface area contributed by atoms with E-state index < -0.39 is 15.8 Å². The normalized spacial score (nSPS) is 11.5. The maximum atomic E-state index is 10.5. The van der Waals surface area contributed by atoms with Crippen molar-refractivity contribution in [2.24, 2.45) is 22.9 Å². The van der Waals surface area contributed by atoms with Gasteiger partial charge in [0.05, 0.1) is 76.0 Å². The highest BCUT2D eigenvalue weighted by atomic mass is 31.1. The van der Waals surface area contributed by atoms with Gasteiger partial charge in [-0.3, -0.25) is 9.34 Å². The Morgan fingerprint density at radius 3 is 0.826 bits per heavy atom. The quantitative estimate of drug-likeness (QED) is 0.0177. The number of anilines is 2. The summed E-state index contributed by atoms with van der Waals surface area (Å²) in [6, 6.07) is 104. The molecule has 0 saturated heterocycles. The fourth-order valence-electron chi connectivity index (χ4n) is 18.1. The van der Waals surface area contributed by atoms with E-state index in [1.807, 2.05) is 0 Å². The van der Waals surface area contributed by atoms with Crippen molar-refractivity contribution in [1.29, 1.82) is 0 Å². The molecule has 0 aliphatic rings. The average Bonchev–Trinajstić information content (AvgIpc) is 0.739. The second-order valence-electron chi connectivity index (χ2n) is 40.3. The molecule has 11 N–H and O–H groups in total. The highest BCUT2D eigenvalue weighted by Gasteiger charge is 2.38. The van der Waals surface area contributed by atoms with Crippen LogP contribution in [0.3, 0.4) is 0 Å². The van der Waals surface area contributed by atoms with Gasteiger partial charge in [0, 0.05) is 102 Å². The maximum Gasteiger partial charge on any atom is 0.131 e. The standard InChI is InChI=1S/C27H33O9P.C20H20NP.C16H28NP.C15H18NP.C14H25N2P.C14H16NP.C10H24NP.C8H20NP/c1-31-19-9-17(14-29)25(23(11-19)35-5)37(26-18(15-30)10-20(32-2)12-24(26)36-6)27-21(33-3)7-16(13-28)8-22(27)34-4;1-21(2)17-13-15-20(16-14-17)22(18-9-5-3-6-10-18)19-11-7-4-8-12-19;1-15(2,3)18(16(4,5)6)14-11-9-13(10-12-14)17(7)8;16-12-7-13-17(14-8-3-1-4-9-14)15-10-5-2-6-11-15;1-5-15(6-2)17(16(7-3)8-4)14-12-10-9-11-13-14;15-11-12-16(13-7-3-1-4-8-13)14-9-5-2-6-10-14;1-9(2,3)12(8-7-11)10(4,5)6;1-7(2)10(6-5-9)8(3)4/h7-12,28-30H,13-15H2,1-6H3;3-16H,1-2H3;9-12H,1-8H3;1-6,8-11H,7,12-13,16H2;9-13H,5-8H2,1-4H3;1-10H,11-12,15H2;7-8,11H2,1-6H3;7-8H,5-6,9H2,1-4H3. The molecule has 0 radical (unpaired) electrons. The minimum absolute atomic E-state index is 0.0322. The largest absolute Gasteiger partial charge is 0.497 e. The van der Waals surface area contributed by atoms with Crippen molar-refractivity contribution in [3.8, 4) is 34.5 Å². The molecule has 0 heterocycles. The number of hydrogen-bond acceptors (Lipinski definition) is 17. The molecule has 0 atom stereocenters. The molecule has 25 heteroatoms. The molecule has 12 aromatic rings. The Morgan fingerprint density at radius 1 is 0.295 bits per heavy atom. The van der Waals surface area contributed by atoms with Crippen molar-refractivity contribution in [3.63, 3.8) is 0 Å². The van der Waals surface area contributed by atoms with Crippen molar-refractivity contribution >= 4 is 139 Å². The van der Waals surface area contributed by atoms with Crippen molar-refractivity contribution in [2.75, 3.05) is 158 Å². The van der Waals surface area contributed by atoms with Crippen molar-refractivity contribution < 1.29 is 43.7 Å². The Kier molecular flexibility index (Phi) is 61.0. The summed E-state index contributed by atoms with van der Waals surface area (Å²) in [7, 11) is 14.6. The van der Waals surface area contributed by atoms with Gasteiger partial charge < -0.3 is 76.5 Å². The van der Waals surface area contributed by atoms with Gasteiger partial charge in [-0.2, -0.15) is 0 Å². The molecular formula is C124H184N8O9P8. The summed E-state index contributed by atoms with van der Waals surface area (Å²) in [5.41, 5.74) is 28.4. The highest BCUT2D eigenvalue weighted by Crippen LogP contribution is 2.60. The summed E-state index contributed by atoms with van der Waals surface area (Å²) in [4.78, 5) is 4.29. The molecule has 0 unspecified atom stereocenters. The fourth-order valence-corrected chi connectivity index (χ4v) is 40.6. The van der Waals surface area contributed by atoms with Crippen LogP contribution in [0.4, 0.5) is 11.4 Å². The lowest BCUT2D eigenvalue weighted by molar-refractivity contribution is 0.280. The first-order chi connectivity index (χ1) is 71.1. The second kappa shape index (κ2) is 69.1. The van der Waals surface area contributed by atoms with Crippen LogP contribution in [0.1, 0.15) is 162 Å². The van der Waals surface area contributed by atoms with Crippen LogP contribution in [-0.4, -0.2) is 204 Å². The Labute approximate surface area is 911 Å². The van der Waals surface area contributed by atoms with Gasteiger partial charge in [-0.05, 0) is 221 Å². The van der Waals surface area contributed by atoms with E-state index in [-0.39, 0.29) is 67.7 Å². The van der Waals surface area contributed by atoms with Gasteiger partial charge in [0.15, 0.2) is 0 Å². The van der Waals surface area contributed by atoms with Crippen LogP contribution < -0.4 is 125 Å². The number of benzene rings is 12. The van der Waals surface area contributed by atoms with E-state index >= 15 is 0 Å². The zero-order valence-corrected chi connectivity index (χ0v) is 103. The van der Waals surface area contributed by atoms with Crippen LogP contribution in [-0.2, 0) is 19.8 Å². The smallest absolute Gasteiger partial charge is 0.131 e. The van der Waals surface area contributed by atoms with Crippen LogP contribution in [0.2, 0.25) is 0 Å². The Bertz CT molecular complexity index is 5200. The number of rotatable bonds is 40. The molecule has 0 spiro atoms. The van der Waals surface area contributed by atoms with Crippen LogP contribution in [0.25, 0.3) is 0 Å². The van der Waals surface area contributed by atoms with Crippen LogP contribution in [0.5, 0.6) is 34.5 Å². The van der Waals surface area contributed by atoms with E-state index in [2.05, 4.69) is 447 Å². The van der Waals surface area contributed by atoms with Gasteiger partial charge in [0.1, 0.15) is 34.5 Å². The number of nitrogens with two attached hydrogens (primary N) is 4. The molecule has 12 aromatic carbocycles. The third kappa shape index (κ3) is 42.4. The van der Waals surface area contributed by atoms with E-state index in [9.17, 15) is 15.3 Å². The molecule has 0 aromatic heterocycles. The molecule has 149 heavy (non-hydrogen) atoms. The Balaban J connectivity index is 0.000000309. The minimum Gasteiger partial charge on any atom is -0.497 e. The molecule has 12 rings (SSSR count). The van der Waals surface area contributed by atoms with Gasteiger partial charge in [-0.1, -0.05) is 391 Å².